The highest BCUT2D eigenvalue weighted by atomic mass is 35.5. The van der Waals surface area contributed by atoms with E-state index in [1.807, 2.05) is 39.0 Å². The van der Waals surface area contributed by atoms with Gasteiger partial charge in [0.15, 0.2) is 9.84 Å². The van der Waals surface area contributed by atoms with Crippen molar-refractivity contribution in [1.82, 2.24) is 9.55 Å². The van der Waals surface area contributed by atoms with Crippen LogP contribution in [0.4, 0.5) is 0 Å². The normalized spacial score (nSPS) is 26.3. The average molecular weight is 327 g/mol. The van der Waals surface area contributed by atoms with Crippen LogP contribution in [0.3, 0.4) is 0 Å². The zero-order valence-corrected chi connectivity index (χ0v) is 14.0. The van der Waals surface area contributed by atoms with Crippen LogP contribution in [0.1, 0.15) is 37.0 Å². The fraction of sp³-hybridized carbons (Fsp3) is 0.533. The molecule has 2 unspecified atom stereocenters. The van der Waals surface area contributed by atoms with Crippen LogP contribution >= 0.6 is 11.6 Å². The van der Waals surface area contributed by atoms with Gasteiger partial charge in [-0.2, -0.15) is 0 Å². The number of hydrogen-bond acceptors (Lipinski definition) is 3. The molecule has 114 valence electrons. The number of sulfone groups is 1. The third-order valence-electron chi connectivity index (χ3n) is 4.28. The summed E-state index contributed by atoms with van der Waals surface area (Å²) in [5, 5.41) is -0.267. The molecule has 4 nitrogen and oxygen atoms in total. The molecule has 1 aromatic carbocycles. The topological polar surface area (TPSA) is 52.0 Å². The van der Waals surface area contributed by atoms with E-state index in [0.29, 0.717) is 6.42 Å². The van der Waals surface area contributed by atoms with Crippen molar-refractivity contribution in [2.45, 2.75) is 38.1 Å². The number of alkyl halides is 1. The second-order valence-electron chi connectivity index (χ2n) is 6.20. The van der Waals surface area contributed by atoms with E-state index in [4.69, 9.17) is 11.6 Å². The molecule has 3 rings (SSSR count). The van der Waals surface area contributed by atoms with E-state index in [9.17, 15) is 8.42 Å². The maximum Gasteiger partial charge on any atom is 0.152 e. The van der Waals surface area contributed by atoms with E-state index >= 15 is 0 Å². The largest absolute Gasteiger partial charge is 0.320 e. The number of rotatable bonds is 2. The first-order chi connectivity index (χ1) is 9.73. The lowest BCUT2D eigenvalue weighted by Gasteiger charge is -2.28. The molecule has 0 bridgehead atoms. The molecule has 2 atom stereocenters. The summed E-state index contributed by atoms with van der Waals surface area (Å²) in [7, 11) is -3.00. The molecule has 2 heterocycles. The third kappa shape index (κ3) is 2.36. The van der Waals surface area contributed by atoms with E-state index in [-0.39, 0.29) is 16.9 Å². The molecule has 1 aromatic heterocycles. The minimum atomic E-state index is -3.00. The van der Waals surface area contributed by atoms with Crippen LogP contribution in [0, 0.1) is 6.92 Å². The lowest BCUT2D eigenvalue weighted by molar-refractivity contribution is 0.363. The molecule has 1 aliphatic heterocycles. The van der Waals surface area contributed by atoms with Gasteiger partial charge in [-0.25, -0.2) is 13.4 Å². The summed E-state index contributed by atoms with van der Waals surface area (Å²) in [6, 6.07) is 5.94. The molecular formula is C15H19ClN2O2S. The molecule has 0 N–H and O–H groups in total. The first-order valence-corrected chi connectivity index (χ1v) is 9.32. The SMILES string of the molecule is Cc1cccc2nc(C(C)Cl)n(C3(C)CCS(=O)(=O)C3)c12. The minimum Gasteiger partial charge on any atom is -0.320 e. The number of benzene rings is 1. The van der Waals surface area contributed by atoms with Gasteiger partial charge in [-0.15, -0.1) is 11.6 Å². The van der Waals surface area contributed by atoms with Gasteiger partial charge in [0, 0.05) is 0 Å². The van der Waals surface area contributed by atoms with Crippen LogP contribution in [-0.4, -0.2) is 29.5 Å². The van der Waals surface area contributed by atoms with E-state index in [1.54, 1.807) is 0 Å². The molecule has 2 aromatic rings. The lowest BCUT2D eigenvalue weighted by atomic mass is 10.00. The van der Waals surface area contributed by atoms with E-state index in [2.05, 4.69) is 9.55 Å². The molecule has 21 heavy (non-hydrogen) atoms. The van der Waals surface area contributed by atoms with E-state index < -0.39 is 15.4 Å². The zero-order valence-electron chi connectivity index (χ0n) is 12.4. The van der Waals surface area contributed by atoms with Gasteiger partial charge in [0.1, 0.15) is 5.82 Å². The van der Waals surface area contributed by atoms with Gasteiger partial charge < -0.3 is 4.57 Å². The van der Waals surface area contributed by atoms with Gasteiger partial charge in [-0.3, -0.25) is 0 Å². The Balaban J connectivity index is 2.33. The third-order valence-corrected chi connectivity index (χ3v) is 6.37. The van der Waals surface area contributed by atoms with Crippen molar-refractivity contribution in [2.24, 2.45) is 0 Å². The Bertz CT molecular complexity index is 810. The number of nitrogens with zero attached hydrogens (tertiary/aromatic N) is 2. The highest BCUT2D eigenvalue weighted by Crippen LogP contribution is 2.38. The second kappa shape index (κ2) is 4.71. The lowest BCUT2D eigenvalue weighted by Crippen LogP contribution is -2.33. The highest BCUT2D eigenvalue weighted by molar-refractivity contribution is 7.91. The van der Waals surface area contributed by atoms with Crippen LogP contribution in [0.5, 0.6) is 0 Å². The van der Waals surface area contributed by atoms with Crippen LogP contribution in [0.15, 0.2) is 18.2 Å². The predicted molar refractivity (Wildman–Crippen MR) is 85.7 cm³/mol. The Hall–Kier alpha value is -1.07. The molecular weight excluding hydrogens is 308 g/mol. The minimum absolute atomic E-state index is 0.149. The zero-order chi connectivity index (χ0) is 15.4. The average Bonchev–Trinajstić information content (AvgIpc) is 2.89. The van der Waals surface area contributed by atoms with Crippen LogP contribution in [0.25, 0.3) is 11.0 Å². The van der Waals surface area contributed by atoms with Crippen molar-refractivity contribution < 1.29 is 8.42 Å². The number of imidazole rings is 1. The van der Waals surface area contributed by atoms with Crippen molar-refractivity contribution in [3.05, 3.63) is 29.6 Å². The van der Waals surface area contributed by atoms with Crippen molar-refractivity contribution in [1.29, 1.82) is 0 Å². The van der Waals surface area contributed by atoms with Gasteiger partial charge in [-0.05, 0) is 38.8 Å². The first-order valence-electron chi connectivity index (χ1n) is 7.06. The fourth-order valence-corrected chi connectivity index (χ4v) is 5.56. The number of para-hydroxylation sites is 1. The quantitative estimate of drug-likeness (QED) is 0.796. The van der Waals surface area contributed by atoms with Crippen LogP contribution in [0.2, 0.25) is 0 Å². The van der Waals surface area contributed by atoms with Gasteiger partial charge in [0.05, 0.1) is 33.5 Å². The van der Waals surface area contributed by atoms with Crippen LogP contribution < -0.4 is 0 Å². The fourth-order valence-electron chi connectivity index (χ4n) is 3.30. The summed E-state index contributed by atoms with van der Waals surface area (Å²) in [5.41, 5.74) is 2.50. The van der Waals surface area contributed by atoms with Crippen molar-refractivity contribution in [2.75, 3.05) is 11.5 Å². The Labute approximate surface area is 130 Å². The monoisotopic (exact) mass is 326 g/mol. The van der Waals surface area contributed by atoms with Gasteiger partial charge in [-0.1, -0.05) is 12.1 Å². The summed E-state index contributed by atoms with van der Waals surface area (Å²) in [4.78, 5) is 4.65. The first kappa shape index (κ1) is 14.9. The Kier molecular flexibility index (Phi) is 3.33. The highest BCUT2D eigenvalue weighted by Gasteiger charge is 2.42. The molecule has 0 amide bonds. The second-order valence-corrected chi connectivity index (χ2v) is 9.04. The van der Waals surface area contributed by atoms with Crippen molar-refractivity contribution in [3.63, 3.8) is 0 Å². The smallest absolute Gasteiger partial charge is 0.152 e. The van der Waals surface area contributed by atoms with Gasteiger partial charge in [0.25, 0.3) is 0 Å². The Morgan fingerprint density at radius 1 is 1.43 bits per heavy atom. The molecule has 6 heteroatoms. The summed E-state index contributed by atoms with van der Waals surface area (Å²) in [6.45, 7) is 5.89. The van der Waals surface area contributed by atoms with Crippen molar-refractivity contribution >= 4 is 32.5 Å². The number of aryl methyl sites for hydroxylation is 1. The molecule has 1 saturated heterocycles. The molecule has 0 spiro atoms. The van der Waals surface area contributed by atoms with Gasteiger partial charge in [0.2, 0.25) is 0 Å². The Morgan fingerprint density at radius 3 is 2.71 bits per heavy atom. The number of fused-ring (bicyclic) bond motifs is 1. The van der Waals surface area contributed by atoms with Crippen molar-refractivity contribution in [3.8, 4) is 0 Å². The number of hydrogen-bond donors (Lipinski definition) is 0. The summed E-state index contributed by atoms with van der Waals surface area (Å²) >= 11 is 6.31. The van der Waals surface area contributed by atoms with Crippen LogP contribution in [-0.2, 0) is 15.4 Å². The number of halogens is 1. The summed E-state index contributed by atoms with van der Waals surface area (Å²) < 4.78 is 26.0. The maximum absolute atomic E-state index is 12.0. The molecule has 0 radical (unpaired) electrons. The molecule has 0 aliphatic carbocycles. The van der Waals surface area contributed by atoms with Gasteiger partial charge >= 0.3 is 0 Å². The summed E-state index contributed by atoms with van der Waals surface area (Å²) in [5.74, 6) is 1.13. The molecule has 0 saturated carbocycles. The standard InChI is InChI=1S/C15H19ClN2O2S/c1-10-5-4-6-12-13(10)18(14(17-12)11(2)16)15(3)7-8-21(19,20)9-15/h4-6,11H,7-9H2,1-3H3. The van der Waals surface area contributed by atoms with E-state index in [1.165, 1.54) is 0 Å². The maximum atomic E-state index is 12.0. The van der Waals surface area contributed by atoms with E-state index in [0.717, 1.165) is 22.4 Å². The summed E-state index contributed by atoms with van der Waals surface area (Å²) in [6.07, 6.45) is 0.603. The molecule has 1 aliphatic rings. The molecule has 1 fully saturated rings. The number of aromatic nitrogens is 2. The predicted octanol–water partition coefficient (Wildman–Crippen LogP) is 3.18. The Morgan fingerprint density at radius 2 is 2.14 bits per heavy atom.